The molecule has 0 aliphatic heterocycles. The van der Waals surface area contributed by atoms with Crippen LogP contribution in [-0.2, 0) is 9.53 Å². The number of amides is 1. The minimum Gasteiger partial charge on any atom is -0.376 e. The van der Waals surface area contributed by atoms with Crippen molar-refractivity contribution in [3.05, 3.63) is 23.2 Å². The maximum absolute atomic E-state index is 12.0. The third-order valence-electron chi connectivity index (χ3n) is 4.17. The summed E-state index contributed by atoms with van der Waals surface area (Å²) < 4.78 is 5.77. The molecule has 1 aliphatic rings. The van der Waals surface area contributed by atoms with E-state index in [9.17, 15) is 4.79 Å². The lowest BCUT2D eigenvalue weighted by Crippen LogP contribution is -2.29. The second kappa shape index (κ2) is 7.84. The number of anilines is 2. The molecule has 0 unspecified atom stereocenters. The highest BCUT2D eigenvalue weighted by Crippen LogP contribution is 2.28. The molecule has 1 fully saturated rings. The van der Waals surface area contributed by atoms with Gasteiger partial charge in [0.1, 0.15) is 6.61 Å². The van der Waals surface area contributed by atoms with E-state index >= 15 is 0 Å². The summed E-state index contributed by atoms with van der Waals surface area (Å²) in [5.41, 5.74) is 1.62. The van der Waals surface area contributed by atoms with Gasteiger partial charge in [-0.2, -0.15) is 0 Å². The van der Waals surface area contributed by atoms with Crippen molar-refractivity contribution in [3.8, 4) is 0 Å². The Morgan fingerprint density at radius 2 is 2.09 bits per heavy atom. The van der Waals surface area contributed by atoms with Crippen molar-refractivity contribution >= 4 is 28.9 Å². The van der Waals surface area contributed by atoms with E-state index in [2.05, 4.69) is 12.2 Å². The fraction of sp³-hybridized carbons (Fsp3) is 0.588. The van der Waals surface area contributed by atoms with E-state index in [1.807, 2.05) is 31.1 Å². The summed E-state index contributed by atoms with van der Waals surface area (Å²) in [4.78, 5) is 13.9. The predicted octanol–water partition coefficient (Wildman–Crippen LogP) is 3.94. The van der Waals surface area contributed by atoms with Crippen LogP contribution in [0.2, 0.25) is 5.02 Å². The molecule has 2 rings (SSSR count). The zero-order valence-corrected chi connectivity index (χ0v) is 14.3. The first-order valence-corrected chi connectivity index (χ1v) is 8.23. The minimum absolute atomic E-state index is 0.0993. The van der Waals surface area contributed by atoms with Gasteiger partial charge in [0, 0.05) is 19.8 Å². The van der Waals surface area contributed by atoms with E-state index in [0.29, 0.717) is 16.6 Å². The number of hydrogen-bond acceptors (Lipinski definition) is 3. The van der Waals surface area contributed by atoms with Crippen LogP contribution in [0.3, 0.4) is 0 Å². The molecule has 1 aromatic carbocycles. The first-order chi connectivity index (χ1) is 10.5. The van der Waals surface area contributed by atoms with Gasteiger partial charge in [0.25, 0.3) is 0 Å². The highest BCUT2D eigenvalue weighted by atomic mass is 35.5. The van der Waals surface area contributed by atoms with Gasteiger partial charge >= 0.3 is 0 Å². The van der Waals surface area contributed by atoms with Crippen LogP contribution in [0.1, 0.15) is 32.6 Å². The fourth-order valence-electron chi connectivity index (χ4n) is 2.86. The van der Waals surface area contributed by atoms with Crippen molar-refractivity contribution in [1.29, 1.82) is 0 Å². The van der Waals surface area contributed by atoms with Crippen LogP contribution in [0, 0.1) is 5.92 Å². The van der Waals surface area contributed by atoms with E-state index in [4.69, 9.17) is 16.3 Å². The largest absolute Gasteiger partial charge is 0.376 e. The average Bonchev–Trinajstić information content (AvgIpc) is 2.46. The number of hydrogen-bond donors (Lipinski definition) is 1. The van der Waals surface area contributed by atoms with Gasteiger partial charge in [-0.3, -0.25) is 4.79 Å². The third kappa shape index (κ3) is 4.62. The van der Waals surface area contributed by atoms with Crippen LogP contribution in [0.15, 0.2) is 18.2 Å². The van der Waals surface area contributed by atoms with Crippen LogP contribution in [-0.4, -0.2) is 32.7 Å². The van der Waals surface area contributed by atoms with Crippen LogP contribution < -0.4 is 10.2 Å². The van der Waals surface area contributed by atoms with Crippen LogP contribution in [0.5, 0.6) is 0 Å². The number of benzene rings is 1. The maximum Gasteiger partial charge on any atom is 0.250 e. The molecule has 0 saturated heterocycles. The number of ether oxygens (including phenoxy) is 1. The van der Waals surface area contributed by atoms with E-state index in [-0.39, 0.29) is 18.6 Å². The molecule has 1 aliphatic carbocycles. The minimum atomic E-state index is -0.133. The van der Waals surface area contributed by atoms with Crippen LogP contribution in [0.25, 0.3) is 0 Å². The molecular weight excluding hydrogens is 300 g/mol. The smallest absolute Gasteiger partial charge is 0.250 e. The second-order valence-electron chi connectivity index (χ2n) is 6.22. The summed E-state index contributed by atoms with van der Waals surface area (Å²) in [6, 6.07) is 5.50. The molecule has 4 nitrogen and oxygen atoms in total. The molecular formula is C17H25ClN2O2. The maximum atomic E-state index is 12.0. The molecule has 0 radical (unpaired) electrons. The molecule has 1 amide bonds. The highest BCUT2D eigenvalue weighted by molar-refractivity contribution is 6.33. The normalized spacial score (nSPS) is 21.5. The molecule has 122 valence electrons. The summed E-state index contributed by atoms with van der Waals surface area (Å²) in [7, 11) is 3.86. The second-order valence-corrected chi connectivity index (χ2v) is 6.63. The lowest BCUT2D eigenvalue weighted by Gasteiger charge is -2.28. The van der Waals surface area contributed by atoms with E-state index in [1.54, 1.807) is 6.07 Å². The number of carbonyl (C=O) groups excluding carboxylic acids is 1. The summed E-state index contributed by atoms with van der Waals surface area (Å²) >= 11 is 6.20. The third-order valence-corrected chi connectivity index (χ3v) is 4.48. The van der Waals surface area contributed by atoms with Crippen molar-refractivity contribution in [3.63, 3.8) is 0 Å². The van der Waals surface area contributed by atoms with E-state index in [0.717, 1.165) is 12.1 Å². The highest BCUT2D eigenvalue weighted by Gasteiger charge is 2.22. The summed E-state index contributed by atoms with van der Waals surface area (Å²) in [6.07, 6.45) is 4.91. The number of nitrogens with one attached hydrogen (secondary N) is 1. The van der Waals surface area contributed by atoms with Crippen molar-refractivity contribution in [1.82, 2.24) is 0 Å². The SMILES string of the molecule is C[C@H]1CCCC[C@@H]1OCC(=O)Nc1ccc(N(C)C)c(Cl)c1. The van der Waals surface area contributed by atoms with Crippen molar-refractivity contribution in [2.45, 2.75) is 38.7 Å². The zero-order chi connectivity index (χ0) is 16.1. The lowest BCUT2D eigenvalue weighted by molar-refractivity contribution is -0.124. The molecule has 22 heavy (non-hydrogen) atoms. The van der Waals surface area contributed by atoms with Gasteiger partial charge in [0.2, 0.25) is 5.91 Å². The van der Waals surface area contributed by atoms with Crippen molar-refractivity contribution in [2.24, 2.45) is 5.92 Å². The lowest BCUT2D eigenvalue weighted by atomic mass is 9.88. The summed E-state index contributed by atoms with van der Waals surface area (Å²) in [6.45, 7) is 2.30. The molecule has 5 heteroatoms. The first-order valence-electron chi connectivity index (χ1n) is 7.85. The molecule has 2 atom stereocenters. The molecule has 0 spiro atoms. The Labute approximate surface area is 137 Å². The molecule has 1 N–H and O–H groups in total. The van der Waals surface area contributed by atoms with E-state index in [1.165, 1.54) is 19.3 Å². The standard InChI is InChI=1S/C17H25ClN2O2/c1-12-6-4-5-7-16(12)22-11-17(21)19-13-8-9-15(20(2)3)14(18)10-13/h8-10,12,16H,4-7,11H2,1-3H3,(H,19,21)/t12-,16-/m0/s1. The molecule has 1 aromatic rings. The van der Waals surface area contributed by atoms with Gasteiger partial charge in [-0.1, -0.05) is 31.4 Å². The molecule has 0 heterocycles. The Morgan fingerprint density at radius 3 is 2.73 bits per heavy atom. The number of carbonyl (C=O) groups is 1. The molecule has 1 saturated carbocycles. The average molecular weight is 325 g/mol. The monoisotopic (exact) mass is 324 g/mol. The molecule has 0 bridgehead atoms. The van der Waals surface area contributed by atoms with Crippen LogP contribution >= 0.6 is 11.6 Å². The molecule has 0 aromatic heterocycles. The van der Waals surface area contributed by atoms with Gasteiger partial charge in [-0.25, -0.2) is 0 Å². The van der Waals surface area contributed by atoms with Crippen molar-refractivity contribution in [2.75, 3.05) is 30.9 Å². The number of nitrogens with zero attached hydrogens (tertiary/aromatic N) is 1. The first kappa shape index (κ1) is 17.1. The van der Waals surface area contributed by atoms with E-state index < -0.39 is 0 Å². The van der Waals surface area contributed by atoms with Gasteiger partial charge in [-0.15, -0.1) is 0 Å². The van der Waals surface area contributed by atoms with Gasteiger partial charge < -0.3 is 15.0 Å². The Balaban J connectivity index is 1.85. The van der Waals surface area contributed by atoms with Gasteiger partial charge in [0.15, 0.2) is 0 Å². The van der Waals surface area contributed by atoms with Gasteiger partial charge in [0.05, 0.1) is 16.8 Å². The summed E-state index contributed by atoms with van der Waals surface area (Å²) in [5, 5.41) is 3.45. The Kier molecular flexibility index (Phi) is 6.09. The topological polar surface area (TPSA) is 41.6 Å². The number of rotatable bonds is 5. The summed E-state index contributed by atoms with van der Waals surface area (Å²) in [5.74, 6) is 0.404. The Bertz CT molecular complexity index is 519. The van der Waals surface area contributed by atoms with Gasteiger partial charge in [-0.05, 0) is 37.0 Å². The Morgan fingerprint density at radius 1 is 1.36 bits per heavy atom. The predicted molar refractivity (Wildman–Crippen MR) is 91.8 cm³/mol. The number of halogens is 1. The fourth-order valence-corrected chi connectivity index (χ4v) is 3.21. The Hall–Kier alpha value is -1.26. The van der Waals surface area contributed by atoms with Crippen LogP contribution in [0.4, 0.5) is 11.4 Å². The quantitative estimate of drug-likeness (QED) is 0.892. The zero-order valence-electron chi connectivity index (χ0n) is 13.6. The van der Waals surface area contributed by atoms with Crippen molar-refractivity contribution < 1.29 is 9.53 Å².